The number of hydrogen-bond acceptors (Lipinski definition) is 5. The van der Waals surface area contributed by atoms with Crippen LogP contribution in [0.1, 0.15) is 26.3 Å². The minimum absolute atomic E-state index is 0.113. The van der Waals surface area contributed by atoms with E-state index in [0.717, 1.165) is 13.0 Å². The maximum atomic E-state index is 13.7. The molecule has 1 heterocycles. The highest BCUT2D eigenvalue weighted by Gasteiger charge is 2.50. The molecule has 6 nitrogen and oxygen atoms in total. The molecule has 0 aliphatic carbocycles. The molecule has 1 unspecified atom stereocenters. The zero-order valence-electron chi connectivity index (χ0n) is 12.5. The molecule has 1 atom stereocenters. The zero-order chi connectivity index (χ0) is 17.4. The minimum atomic E-state index is -1.66. The third-order valence-corrected chi connectivity index (χ3v) is 3.46. The van der Waals surface area contributed by atoms with Crippen LogP contribution < -0.4 is 5.32 Å². The first-order valence-corrected chi connectivity index (χ1v) is 6.92. The predicted octanol–water partition coefficient (Wildman–Crippen LogP) is 2.16. The Morgan fingerprint density at radius 2 is 2.00 bits per heavy atom. The predicted molar refractivity (Wildman–Crippen MR) is 77.5 cm³/mol. The van der Waals surface area contributed by atoms with Crippen LogP contribution in [0.3, 0.4) is 0 Å². The lowest BCUT2D eigenvalue weighted by Crippen LogP contribution is -2.32. The van der Waals surface area contributed by atoms with Crippen LogP contribution in [0.5, 0.6) is 0 Å². The molecular formula is C15H13ClFNO5. The van der Waals surface area contributed by atoms with Gasteiger partial charge in [0.2, 0.25) is 17.5 Å². The topological polar surface area (TPSA) is 81.7 Å². The van der Waals surface area contributed by atoms with E-state index in [-0.39, 0.29) is 16.5 Å². The summed E-state index contributed by atoms with van der Waals surface area (Å²) >= 11 is 5.63. The molecule has 1 amide bonds. The molecule has 0 radical (unpaired) electrons. The Morgan fingerprint density at radius 1 is 1.35 bits per heavy atom. The summed E-state index contributed by atoms with van der Waals surface area (Å²) in [5.41, 5.74) is -1.50. The van der Waals surface area contributed by atoms with Gasteiger partial charge in [0.25, 0.3) is 5.78 Å². The number of benzene rings is 1. The van der Waals surface area contributed by atoms with Gasteiger partial charge in [-0.2, -0.15) is 0 Å². The van der Waals surface area contributed by atoms with Gasteiger partial charge in [0.15, 0.2) is 5.60 Å². The van der Waals surface area contributed by atoms with E-state index in [1.165, 1.54) is 26.0 Å². The second-order valence-corrected chi connectivity index (χ2v) is 5.43. The van der Waals surface area contributed by atoms with Crippen LogP contribution in [0, 0.1) is 5.82 Å². The van der Waals surface area contributed by atoms with E-state index >= 15 is 0 Å². The van der Waals surface area contributed by atoms with Crippen molar-refractivity contribution in [3.63, 3.8) is 0 Å². The van der Waals surface area contributed by atoms with Crippen LogP contribution in [0.2, 0.25) is 5.02 Å². The first-order valence-electron chi connectivity index (χ1n) is 6.54. The fraction of sp³-hybridized carbons (Fsp3) is 0.267. The second-order valence-electron chi connectivity index (χ2n) is 5.03. The van der Waals surface area contributed by atoms with E-state index in [0.29, 0.717) is 0 Å². The molecule has 1 aromatic rings. The van der Waals surface area contributed by atoms with Gasteiger partial charge >= 0.3 is 5.97 Å². The fourth-order valence-corrected chi connectivity index (χ4v) is 2.20. The number of carbonyl (C=O) groups is 3. The largest absolute Gasteiger partial charge is 0.456 e. The number of ether oxygens (including phenoxy) is 2. The van der Waals surface area contributed by atoms with Crippen LogP contribution in [-0.4, -0.2) is 17.7 Å². The van der Waals surface area contributed by atoms with Crippen LogP contribution in [-0.2, 0) is 29.5 Å². The van der Waals surface area contributed by atoms with E-state index in [2.05, 4.69) is 5.32 Å². The minimum Gasteiger partial charge on any atom is -0.456 e. The standard InChI is InChI=1S/C15H13ClFNO5/c1-7(19)18-14-12(22-8(2)20)13(21)15(3,23-14)9-4-5-10(16)11(17)6-9/h4-6H,1-3H3,(H,18,19). The number of halogens is 2. The van der Waals surface area contributed by atoms with E-state index in [4.69, 9.17) is 21.1 Å². The average molecular weight is 342 g/mol. The molecule has 0 fully saturated rings. The van der Waals surface area contributed by atoms with E-state index in [1.807, 2.05) is 0 Å². The molecule has 0 spiro atoms. The molecule has 1 aliphatic heterocycles. The van der Waals surface area contributed by atoms with Gasteiger partial charge in [0.05, 0.1) is 5.02 Å². The third-order valence-electron chi connectivity index (χ3n) is 3.16. The highest BCUT2D eigenvalue weighted by Crippen LogP contribution is 2.39. The van der Waals surface area contributed by atoms with Crippen molar-refractivity contribution in [1.82, 2.24) is 5.32 Å². The summed E-state index contributed by atoms with van der Waals surface area (Å²) < 4.78 is 24.0. The lowest BCUT2D eigenvalue weighted by molar-refractivity contribution is -0.142. The molecule has 1 N–H and O–H groups in total. The second kappa shape index (κ2) is 6.00. The fourth-order valence-electron chi connectivity index (χ4n) is 2.08. The third kappa shape index (κ3) is 3.19. The molecule has 0 aromatic heterocycles. The van der Waals surface area contributed by atoms with Gasteiger partial charge in [0.1, 0.15) is 5.82 Å². The van der Waals surface area contributed by atoms with Gasteiger partial charge in [-0.3, -0.25) is 19.7 Å². The molecule has 2 rings (SSSR count). The maximum Gasteiger partial charge on any atom is 0.308 e. The van der Waals surface area contributed by atoms with Crippen molar-refractivity contribution < 1.29 is 28.2 Å². The van der Waals surface area contributed by atoms with Crippen molar-refractivity contribution in [1.29, 1.82) is 0 Å². The summed E-state index contributed by atoms with van der Waals surface area (Å²) in [5.74, 6) is -3.47. The highest BCUT2D eigenvalue weighted by molar-refractivity contribution is 6.30. The molecule has 0 saturated carbocycles. The summed E-state index contributed by atoms with van der Waals surface area (Å²) in [6.45, 7) is 3.67. The molecular weight excluding hydrogens is 329 g/mol. The Balaban J connectivity index is 2.46. The van der Waals surface area contributed by atoms with Crippen molar-refractivity contribution in [3.8, 4) is 0 Å². The highest BCUT2D eigenvalue weighted by atomic mass is 35.5. The van der Waals surface area contributed by atoms with Crippen LogP contribution in [0.25, 0.3) is 0 Å². The molecule has 0 bridgehead atoms. The van der Waals surface area contributed by atoms with E-state index < -0.39 is 34.8 Å². The summed E-state index contributed by atoms with van der Waals surface area (Å²) in [6, 6.07) is 3.73. The summed E-state index contributed by atoms with van der Waals surface area (Å²) in [7, 11) is 0. The average Bonchev–Trinajstić information content (AvgIpc) is 2.66. The van der Waals surface area contributed by atoms with Crippen LogP contribution >= 0.6 is 11.6 Å². The van der Waals surface area contributed by atoms with Gasteiger partial charge in [-0.1, -0.05) is 17.7 Å². The molecule has 122 valence electrons. The van der Waals surface area contributed by atoms with Crippen LogP contribution in [0.15, 0.2) is 29.8 Å². The Kier molecular flexibility index (Phi) is 4.42. The summed E-state index contributed by atoms with van der Waals surface area (Å²) in [4.78, 5) is 35.0. The normalized spacial score (nSPS) is 20.3. The van der Waals surface area contributed by atoms with Gasteiger partial charge in [0, 0.05) is 19.4 Å². The molecule has 1 aliphatic rings. The molecule has 8 heteroatoms. The maximum absolute atomic E-state index is 13.7. The molecule has 23 heavy (non-hydrogen) atoms. The smallest absolute Gasteiger partial charge is 0.308 e. The number of carbonyl (C=O) groups excluding carboxylic acids is 3. The first-order chi connectivity index (χ1) is 10.6. The molecule has 0 saturated heterocycles. The Labute approximate surface area is 136 Å². The summed E-state index contributed by atoms with van der Waals surface area (Å²) in [5, 5.41) is 2.17. The number of nitrogens with one attached hydrogen (secondary N) is 1. The van der Waals surface area contributed by atoms with Gasteiger partial charge < -0.3 is 9.47 Å². The lowest BCUT2D eigenvalue weighted by Gasteiger charge is -2.23. The Bertz CT molecular complexity index is 745. The van der Waals surface area contributed by atoms with Crippen LogP contribution in [0.4, 0.5) is 4.39 Å². The lowest BCUT2D eigenvalue weighted by atomic mass is 9.91. The van der Waals surface area contributed by atoms with Gasteiger partial charge in [-0.15, -0.1) is 0 Å². The number of Topliss-reactive ketones (excluding diaryl/α,β-unsaturated/α-hetero) is 1. The zero-order valence-corrected chi connectivity index (χ0v) is 13.3. The quantitative estimate of drug-likeness (QED) is 0.852. The van der Waals surface area contributed by atoms with Crippen molar-refractivity contribution >= 4 is 29.3 Å². The monoisotopic (exact) mass is 341 g/mol. The summed E-state index contributed by atoms with van der Waals surface area (Å²) in [6.07, 6.45) is 0. The number of hydrogen-bond donors (Lipinski definition) is 1. The van der Waals surface area contributed by atoms with Crippen molar-refractivity contribution in [3.05, 3.63) is 46.2 Å². The van der Waals surface area contributed by atoms with Gasteiger partial charge in [-0.05, 0) is 19.1 Å². The van der Waals surface area contributed by atoms with E-state index in [1.54, 1.807) is 0 Å². The van der Waals surface area contributed by atoms with Crippen molar-refractivity contribution in [2.45, 2.75) is 26.4 Å². The number of ketones is 1. The van der Waals surface area contributed by atoms with E-state index in [9.17, 15) is 18.8 Å². The SMILES string of the molecule is CC(=O)NC1=C(OC(C)=O)C(=O)C(C)(c2ccc(Cl)c(F)c2)O1. The first kappa shape index (κ1) is 17.0. The number of amides is 1. The van der Waals surface area contributed by atoms with Crippen molar-refractivity contribution in [2.24, 2.45) is 0 Å². The molecule has 1 aromatic carbocycles. The number of rotatable bonds is 3. The van der Waals surface area contributed by atoms with Crippen molar-refractivity contribution in [2.75, 3.05) is 0 Å². The Hall–Kier alpha value is -2.41. The van der Waals surface area contributed by atoms with Gasteiger partial charge in [-0.25, -0.2) is 4.39 Å². The Morgan fingerprint density at radius 3 is 2.52 bits per heavy atom. The number of esters is 1.